The van der Waals surface area contributed by atoms with Crippen LogP contribution in [0.25, 0.3) is 0 Å². The Kier molecular flexibility index (Phi) is 5.36. The maximum Gasteiger partial charge on any atom is 0.255 e. The Morgan fingerprint density at radius 3 is 2.00 bits per heavy atom. The second kappa shape index (κ2) is 7.14. The molecule has 0 aromatic heterocycles. The number of amides is 1. The van der Waals surface area contributed by atoms with Gasteiger partial charge in [-0.05, 0) is 38.1 Å². The fraction of sp³-hybridized carbons (Fsp3) is 0.188. The van der Waals surface area contributed by atoms with E-state index in [1.807, 2.05) is 5.32 Å². The zero-order valence-electron chi connectivity index (χ0n) is 13.3. The number of carbonyl (C=O) groups is 1. The second-order valence-corrected chi connectivity index (χ2v) is 7.71. The molecule has 0 bridgehead atoms. The Labute approximate surface area is 142 Å². The average Bonchev–Trinajstić information content (AvgIpc) is 2.50. The Bertz CT molecular complexity index is 874. The molecule has 2 aromatic carbocycles. The van der Waals surface area contributed by atoms with Gasteiger partial charge < -0.3 is 5.32 Å². The van der Waals surface area contributed by atoms with E-state index in [-0.39, 0.29) is 11.3 Å². The highest BCUT2D eigenvalue weighted by Crippen LogP contribution is 2.21. The molecule has 0 heterocycles. The molecule has 0 fully saturated rings. The molecule has 0 radical (unpaired) electrons. The molecule has 5 nitrogen and oxygen atoms in total. The van der Waals surface area contributed by atoms with Crippen molar-refractivity contribution in [2.24, 2.45) is 0 Å². The molecular formula is C16H15F3N2O3S. The third kappa shape index (κ3) is 4.50. The number of sulfonamides is 1. The quantitative estimate of drug-likeness (QED) is 0.843. The third-order valence-corrected chi connectivity index (χ3v) is 5.03. The van der Waals surface area contributed by atoms with Crippen LogP contribution in [0.1, 0.15) is 24.2 Å². The Hall–Kier alpha value is -2.55. The minimum absolute atomic E-state index is 0.0376. The first-order chi connectivity index (χ1) is 11.6. The number of rotatable bonds is 5. The van der Waals surface area contributed by atoms with Crippen LogP contribution in [0, 0.1) is 17.5 Å². The van der Waals surface area contributed by atoms with Crippen LogP contribution in [0.5, 0.6) is 0 Å². The summed E-state index contributed by atoms with van der Waals surface area (Å²) in [6.07, 6.45) is 0. The lowest BCUT2D eigenvalue weighted by Gasteiger charge is -2.11. The molecule has 0 spiro atoms. The van der Waals surface area contributed by atoms with Crippen LogP contribution >= 0.6 is 0 Å². The van der Waals surface area contributed by atoms with Gasteiger partial charge in [0, 0.05) is 23.4 Å². The maximum absolute atomic E-state index is 13.5. The van der Waals surface area contributed by atoms with Gasteiger partial charge in [-0.3, -0.25) is 9.52 Å². The molecule has 0 atom stereocenters. The van der Waals surface area contributed by atoms with Crippen molar-refractivity contribution in [2.75, 3.05) is 10.0 Å². The molecule has 25 heavy (non-hydrogen) atoms. The Balaban J connectivity index is 2.16. The molecule has 0 aliphatic rings. The third-order valence-electron chi connectivity index (χ3n) is 3.27. The molecular weight excluding hydrogens is 357 g/mol. The van der Waals surface area contributed by atoms with E-state index in [9.17, 15) is 26.4 Å². The molecule has 0 unspecified atom stereocenters. The van der Waals surface area contributed by atoms with Gasteiger partial charge in [-0.15, -0.1) is 0 Å². The number of halogens is 3. The van der Waals surface area contributed by atoms with Gasteiger partial charge in [-0.25, -0.2) is 21.6 Å². The lowest BCUT2D eigenvalue weighted by atomic mass is 10.2. The van der Waals surface area contributed by atoms with Crippen LogP contribution in [0.4, 0.5) is 24.5 Å². The van der Waals surface area contributed by atoms with Crippen LogP contribution in [-0.2, 0) is 10.0 Å². The molecule has 0 aliphatic carbocycles. The first kappa shape index (κ1) is 18.8. The van der Waals surface area contributed by atoms with Gasteiger partial charge in [0.2, 0.25) is 10.0 Å². The van der Waals surface area contributed by atoms with Crippen LogP contribution < -0.4 is 10.0 Å². The number of benzene rings is 2. The standard InChI is InChI=1S/C16H15F3N2O3S/c1-9(2)25(23,24)21-12-5-3-10(4-6-12)16(22)20-15-13(18)7-11(17)8-14(15)19/h3-9,21H,1-2H3,(H,20,22). The van der Waals surface area contributed by atoms with E-state index >= 15 is 0 Å². The van der Waals surface area contributed by atoms with E-state index < -0.39 is 44.3 Å². The number of hydrogen-bond acceptors (Lipinski definition) is 3. The van der Waals surface area contributed by atoms with Crippen LogP contribution in [0.2, 0.25) is 0 Å². The molecule has 0 saturated carbocycles. The fourth-order valence-electron chi connectivity index (χ4n) is 1.82. The maximum atomic E-state index is 13.5. The van der Waals surface area contributed by atoms with Gasteiger partial charge in [0.1, 0.15) is 11.5 Å². The van der Waals surface area contributed by atoms with Gasteiger partial charge in [-0.2, -0.15) is 0 Å². The SMILES string of the molecule is CC(C)S(=O)(=O)Nc1ccc(C(=O)Nc2c(F)cc(F)cc2F)cc1. The zero-order valence-corrected chi connectivity index (χ0v) is 14.1. The molecule has 2 N–H and O–H groups in total. The van der Waals surface area contributed by atoms with E-state index in [0.717, 1.165) is 0 Å². The van der Waals surface area contributed by atoms with Gasteiger partial charge in [0.15, 0.2) is 11.6 Å². The Morgan fingerprint density at radius 2 is 1.52 bits per heavy atom. The molecule has 9 heteroatoms. The summed E-state index contributed by atoms with van der Waals surface area (Å²) >= 11 is 0. The highest BCUT2D eigenvalue weighted by Gasteiger charge is 2.17. The van der Waals surface area contributed by atoms with Gasteiger partial charge in [-0.1, -0.05) is 0 Å². The zero-order chi connectivity index (χ0) is 18.8. The van der Waals surface area contributed by atoms with Gasteiger partial charge in [0.25, 0.3) is 5.91 Å². The minimum Gasteiger partial charge on any atom is -0.317 e. The summed E-state index contributed by atoms with van der Waals surface area (Å²) in [4.78, 5) is 12.0. The monoisotopic (exact) mass is 372 g/mol. The normalized spacial score (nSPS) is 11.4. The molecule has 134 valence electrons. The van der Waals surface area contributed by atoms with E-state index in [2.05, 4.69) is 4.72 Å². The molecule has 0 saturated heterocycles. The van der Waals surface area contributed by atoms with E-state index in [0.29, 0.717) is 12.1 Å². The number of anilines is 2. The molecule has 0 aliphatic heterocycles. The second-order valence-electron chi connectivity index (χ2n) is 5.47. The summed E-state index contributed by atoms with van der Waals surface area (Å²) in [5.74, 6) is -4.42. The van der Waals surface area contributed by atoms with E-state index in [1.54, 1.807) is 0 Å². The van der Waals surface area contributed by atoms with Crippen molar-refractivity contribution in [3.63, 3.8) is 0 Å². The van der Waals surface area contributed by atoms with Crippen molar-refractivity contribution in [3.8, 4) is 0 Å². The van der Waals surface area contributed by atoms with Gasteiger partial charge >= 0.3 is 0 Å². The van der Waals surface area contributed by atoms with Crippen molar-refractivity contribution in [2.45, 2.75) is 19.1 Å². The lowest BCUT2D eigenvalue weighted by molar-refractivity contribution is 0.102. The van der Waals surface area contributed by atoms with Crippen molar-refractivity contribution in [3.05, 3.63) is 59.4 Å². The molecule has 2 rings (SSSR count). The first-order valence-electron chi connectivity index (χ1n) is 7.17. The summed E-state index contributed by atoms with van der Waals surface area (Å²) in [6.45, 7) is 3.02. The number of hydrogen-bond donors (Lipinski definition) is 2. The van der Waals surface area contributed by atoms with E-state index in [4.69, 9.17) is 0 Å². The largest absolute Gasteiger partial charge is 0.317 e. The van der Waals surface area contributed by atoms with Crippen molar-refractivity contribution < 1.29 is 26.4 Å². The summed E-state index contributed by atoms with van der Waals surface area (Å²) in [6, 6.07) is 6.14. The number of nitrogens with one attached hydrogen (secondary N) is 2. The molecule has 2 aromatic rings. The lowest BCUT2D eigenvalue weighted by Crippen LogP contribution is -2.22. The van der Waals surface area contributed by atoms with Crippen molar-refractivity contribution >= 4 is 27.3 Å². The first-order valence-corrected chi connectivity index (χ1v) is 8.72. The smallest absolute Gasteiger partial charge is 0.255 e. The average molecular weight is 372 g/mol. The number of carbonyl (C=O) groups excluding carboxylic acids is 1. The van der Waals surface area contributed by atoms with Crippen LogP contribution in [0.3, 0.4) is 0 Å². The van der Waals surface area contributed by atoms with Crippen molar-refractivity contribution in [1.29, 1.82) is 0 Å². The van der Waals surface area contributed by atoms with E-state index in [1.165, 1.54) is 38.1 Å². The Morgan fingerprint density at radius 1 is 1.00 bits per heavy atom. The minimum atomic E-state index is -3.53. The van der Waals surface area contributed by atoms with Crippen LogP contribution in [0.15, 0.2) is 36.4 Å². The van der Waals surface area contributed by atoms with Crippen LogP contribution in [-0.4, -0.2) is 19.6 Å². The predicted molar refractivity (Wildman–Crippen MR) is 88.4 cm³/mol. The van der Waals surface area contributed by atoms with Crippen molar-refractivity contribution in [1.82, 2.24) is 0 Å². The molecule has 1 amide bonds. The predicted octanol–water partition coefficient (Wildman–Crippen LogP) is 3.51. The topological polar surface area (TPSA) is 75.3 Å². The van der Waals surface area contributed by atoms with Gasteiger partial charge in [0.05, 0.1) is 5.25 Å². The summed E-state index contributed by atoms with van der Waals surface area (Å²) < 4.78 is 65.8. The summed E-state index contributed by atoms with van der Waals surface area (Å²) in [5.41, 5.74) is -0.490. The highest BCUT2D eigenvalue weighted by atomic mass is 32.2. The summed E-state index contributed by atoms with van der Waals surface area (Å²) in [7, 11) is -3.53. The summed E-state index contributed by atoms with van der Waals surface area (Å²) in [5, 5.41) is 1.37. The highest BCUT2D eigenvalue weighted by molar-refractivity contribution is 7.93. The fourth-order valence-corrected chi connectivity index (χ4v) is 2.52.